The smallest absolute Gasteiger partial charge is 0.315 e. The Hall–Kier alpha value is -2.91. The molecule has 3 amide bonds. The Morgan fingerprint density at radius 2 is 1.79 bits per heavy atom. The molecule has 8 nitrogen and oxygen atoms in total. The number of carbonyl (C=O) groups excluding carboxylic acids is 2. The molecule has 1 saturated carbocycles. The van der Waals surface area contributed by atoms with E-state index in [0.29, 0.717) is 13.1 Å². The van der Waals surface area contributed by atoms with Gasteiger partial charge >= 0.3 is 6.03 Å². The van der Waals surface area contributed by atoms with Crippen LogP contribution in [0.4, 0.5) is 4.79 Å². The summed E-state index contributed by atoms with van der Waals surface area (Å²) < 4.78 is 2.23. The number of nitrogens with one attached hydrogen (secondary N) is 2. The number of piperazine rings is 1. The van der Waals surface area contributed by atoms with Gasteiger partial charge in [-0.2, -0.15) is 0 Å². The quantitative estimate of drug-likeness (QED) is 0.363. The number of carbonyl (C=O) groups is 2. The van der Waals surface area contributed by atoms with Crippen LogP contribution in [0.3, 0.4) is 0 Å². The van der Waals surface area contributed by atoms with Gasteiger partial charge < -0.3 is 20.1 Å². The monoisotopic (exact) mass is 536 g/mol. The Kier molecular flexibility index (Phi) is 9.30. The minimum absolute atomic E-state index is 0.141. The second-order valence-electron chi connectivity index (χ2n) is 10.5. The predicted octanol–water partition coefficient (Wildman–Crippen LogP) is 4.86. The van der Waals surface area contributed by atoms with Crippen molar-refractivity contribution in [3.8, 4) is 0 Å². The number of rotatable bonds is 10. The molecule has 1 aliphatic carbocycles. The summed E-state index contributed by atoms with van der Waals surface area (Å²) in [5.41, 5.74) is 3.71. The van der Waals surface area contributed by atoms with Crippen molar-refractivity contribution in [2.24, 2.45) is 0 Å². The molecule has 1 aliphatic heterocycles. The lowest BCUT2D eigenvalue weighted by atomic mass is 9.94. The lowest BCUT2D eigenvalue weighted by Crippen LogP contribution is -2.52. The number of hydrogen-bond acceptors (Lipinski definition) is 5. The van der Waals surface area contributed by atoms with Crippen molar-refractivity contribution in [3.05, 3.63) is 52.6 Å². The molecule has 2 aromatic heterocycles. The number of thiazole rings is 1. The Balaban J connectivity index is 1.08. The van der Waals surface area contributed by atoms with E-state index in [1.54, 1.807) is 11.7 Å². The van der Waals surface area contributed by atoms with Crippen LogP contribution in [-0.2, 0) is 13.1 Å². The lowest BCUT2D eigenvalue weighted by Gasteiger charge is -2.40. The van der Waals surface area contributed by atoms with Gasteiger partial charge in [0.1, 0.15) is 0 Å². The van der Waals surface area contributed by atoms with Crippen LogP contribution in [0.1, 0.15) is 66.6 Å². The highest BCUT2D eigenvalue weighted by molar-refractivity contribution is 7.09. The van der Waals surface area contributed by atoms with Crippen molar-refractivity contribution < 1.29 is 9.59 Å². The molecule has 3 heterocycles. The first-order valence-corrected chi connectivity index (χ1v) is 15.1. The van der Waals surface area contributed by atoms with E-state index in [0.717, 1.165) is 79.4 Å². The maximum Gasteiger partial charge on any atom is 0.315 e. The maximum atomic E-state index is 13.6. The van der Waals surface area contributed by atoms with Gasteiger partial charge in [-0.05, 0) is 38.2 Å². The van der Waals surface area contributed by atoms with Crippen molar-refractivity contribution in [2.45, 2.75) is 70.5 Å². The van der Waals surface area contributed by atoms with Crippen molar-refractivity contribution in [2.75, 3.05) is 32.7 Å². The Bertz CT molecular complexity index is 1180. The molecule has 2 fully saturated rings. The number of unbranched alkanes of at least 4 members (excludes halogenated alkanes) is 2. The van der Waals surface area contributed by atoms with E-state index in [4.69, 9.17) is 0 Å². The van der Waals surface area contributed by atoms with E-state index < -0.39 is 0 Å². The predicted molar refractivity (Wildman–Crippen MR) is 152 cm³/mol. The van der Waals surface area contributed by atoms with Crippen LogP contribution in [0.5, 0.6) is 0 Å². The van der Waals surface area contributed by atoms with E-state index in [1.165, 1.54) is 43.4 Å². The summed E-state index contributed by atoms with van der Waals surface area (Å²) in [5, 5.41) is 6.83. The van der Waals surface area contributed by atoms with Gasteiger partial charge in [-0.3, -0.25) is 14.7 Å². The van der Waals surface area contributed by atoms with Crippen molar-refractivity contribution in [1.29, 1.82) is 0 Å². The Morgan fingerprint density at radius 1 is 0.974 bits per heavy atom. The molecule has 2 aliphatic rings. The van der Waals surface area contributed by atoms with Gasteiger partial charge in [0.05, 0.1) is 17.6 Å². The van der Waals surface area contributed by atoms with Crippen LogP contribution in [0.2, 0.25) is 0 Å². The Morgan fingerprint density at radius 3 is 2.58 bits per heavy atom. The zero-order chi connectivity index (χ0) is 26.2. The Labute approximate surface area is 229 Å². The summed E-state index contributed by atoms with van der Waals surface area (Å²) in [6, 6.07) is 8.84. The molecule has 0 radical (unpaired) electrons. The molecule has 0 bridgehead atoms. The molecule has 3 aromatic rings. The molecule has 204 valence electrons. The molecular weight excluding hydrogens is 496 g/mol. The van der Waals surface area contributed by atoms with E-state index in [2.05, 4.69) is 48.3 Å². The van der Waals surface area contributed by atoms with Crippen LogP contribution in [0, 0.1) is 0 Å². The largest absolute Gasteiger partial charge is 0.347 e. The number of para-hydroxylation sites is 1. The first-order chi connectivity index (χ1) is 18.7. The van der Waals surface area contributed by atoms with Crippen molar-refractivity contribution >= 4 is 34.2 Å². The molecule has 1 aromatic carbocycles. The third-order valence-electron chi connectivity index (χ3n) is 7.98. The first kappa shape index (κ1) is 26.7. The molecule has 0 atom stereocenters. The summed E-state index contributed by atoms with van der Waals surface area (Å²) in [7, 11) is 0. The second-order valence-corrected chi connectivity index (χ2v) is 11.5. The summed E-state index contributed by atoms with van der Waals surface area (Å²) in [6.45, 7) is 5.64. The fraction of sp³-hybridized carbons (Fsp3) is 0.552. The normalized spacial score (nSPS) is 17.1. The van der Waals surface area contributed by atoms with Gasteiger partial charge in [0.2, 0.25) is 0 Å². The average Bonchev–Trinajstić information content (AvgIpc) is 3.62. The maximum absolute atomic E-state index is 13.6. The van der Waals surface area contributed by atoms with Gasteiger partial charge in [-0.25, -0.2) is 4.79 Å². The summed E-state index contributed by atoms with van der Waals surface area (Å²) in [5.74, 6) is 0.164. The number of amides is 3. The van der Waals surface area contributed by atoms with E-state index in [1.807, 2.05) is 12.1 Å². The average molecular weight is 537 g/mol. The SMILES string of the molecule is O=C(NCCCCCn1cc(C(=O)N2CCN(C3CCCCC3)CC2)c2ccccc21)NCc1cncs1. The fourth-order valence-electron chi connectivity index (χ4n) is 5.85. The van der Waals surface area contributed by atoms with Crippen LogP contribution < -0.4 is 10.6 Å². The molecule has 1 saturated heterocycles. The van der Waals surface area contributed by atoms with Crippen LogP contribution in [-0.4, -0.2) is 70.1 Å². The topological polar surface area (TPSA) is 82.5 Å². The number of hydrogen-bond donors (Lipinski definition) is 2. The molecule has 0 spiro atoms. The van der Waals surface area contributed by atoms with E-state index >= 15 is 0 Å². The lowest BCUT2D eigenvalue weighted by molar-refractivity contribution is 0.0524. The van der Waals surface area contributed by atoms with Gasteiger partial charge in [0.25, 0.3) is 5.91 Å². The van der Waals surface area contributed by atoms with Gasteiger partial charge in [-0.1, -0.05) is 37.5 Å². The first-order valence-electron chi connectivity index (χ1n) is 14.2. The summed E-state index contributed by atoms with van der Waals surface area (Å²) in [4.78, 5) is 35.2. The second kappa shape index (κ2) is 13.2. The highest BCUT2D eigenvalue weighted by atomic mass is 32.1. The van der Waals surface area contributed by atoms with E-state index in [9.17, 15) is 9.59 Å². The third-order valence-corrected chi connectivity index (χ3v) is 8.76. The molecule has 0 unspecified atom stereocenters. The zero-order valence-corrected chi connectivity index (χ0v) is 23.1. The highest BCUT2D eigenvalue weighted by Gasteiger charge is 2.28. The van der Waals surface area contributed by atoms with Gasteiger partial charge in [0.15, 0.2) is 0 Å². The van der Waals surface area contributed by atoms with Gasteiger partial charge in [0, 0.05) is 73.5 Å². The number of aryl methyl sites for hydroxylation is 1. The minimum Gasteiger partial charge on any atom is -0.347 e. The minimum atomic E-state index is -0.141. The van der Waals surface area contributed by atoms with Crippen molar-refractivity contribution in [1.82, 2.24) is 30.0 Å². The summed E-state index contributed by atoms with van der Waals surface area (Å²) in [6.07, 6.45) is 13.5. The highest BCUT2D eigenvalue weighted by Crippen LogP contribution is 2.26. The number of fused-ring (bicyclic) bond motifs is 1. The van der Waals surface area contributed by atoms with E-state index in [-0.39, 0.29) is 11.9 Å². The molecular formula is C29H40N6O2S. The van der Waals surface area contributed by atoms with Crippen LogP contribution >= 0.6 is 11.3 Å². The number of benzene rings is 1. The number of urea groups is 1. The van der Waals surface area contributed by atoms with Gasteiger partial charge in [-0.15, -0.1) is 11.3 Å². The van der Waals surface area contributed by atoms with Crippen LogP contribution in [0.15, 0.2) is 42.2 Å². The number of nitrogens with zero attached hydrogens (tertiary/aromatic N) is 4. The standard InChI is InChI=1S/C29H40N6O2S/c36-28(34-17-15-33(16-18-34)23-9-3-1-4-10-23)26-21-35(27-12-6-5-11-25(26)27)14-8-2-7-13-31-29(37)32-20-24-19-30-22-38-24/h5-6,11-12,19,21-23H,1-4,7-10,13-18,20H2,(H2,31,32,37). The molecule has 38 heavy (non-hydrogen) atoms. The molecule has 2 N–H and O–H groups in total. The third kappa shape index (κ3) is 6.74. The summed E-state index contributed by atoms with van der Waals surface area (Å²) >= 11 is 1.53. The zero-order valence-electron chi connectivity index (χ0n) is 22.2. The molecule has 9 heteroatoms. The van der Waals surface area contributed by atoms with Crippen molar-refractivity contribution in [3.63, 3.8) is 0 Å². The molecule has 5 rings (SSSR count). The van der Waals surface area contributed by atoms with Crippen LogP contribution in [0.25, 0.3) is 10.9 Å². The number of aromatic nitrogens is 2. The fourth-order valence-corrected chi connectivity index (χ4v) is 6.39.